The fraction of sp³-hybridized carbons (Fsp3) is 0.302. The van der Waals surface area contributed by atoms with Gasteiger partial charge in [0.05, 0.1) is 11.1 Å². The van der Waals surface area contributed by atoms with Crippen LogP contribution in [0, 0.1) is 0 Å². The summed E-state index contributed by atoms with van der Waals surface area (Å²) in [5.41, 5.74) is 1.35. The van der Waals surface area contributed by atoms with Crippen molar-refractivity contribution in [2.45, 2.75) is 75.7 Å². The van der Waals surface area contributed by atoms with Crippen LogP contribution in [0.1, 0.15) is 72.1 Å². The molecule has 0 heterocycles. The van der Waals surface area contributed by atoms with E-state index >= 15 is 0 Å². The highest BCUT2D eigenvalue weighted by molar-refractivity contribution is 6.17. The SMILES string of the molecule is CN(C1CCC(OC(=O)c2c3ccccc3cc3ccccc23)CC1)C1CCC(OC(=O)c2c3ccccc3cc3ccccc23)CC1.Cl. The maximum atomic E-state index is 13.7. The Labute approximate surface area is 293 Å². The molecule has 250 valence electrons. The minimum atomic E-state index is -0.218. The van der Waals surface area contributed by atoms with Crippen molar-refractivity contribution < 1.29 is 19.1 Å². The van der Waals surface area contributed by atoms with Crippen LogP contribution in [0.4, 0.5) is 0 Å². The predicted octanol–water partition coefficient (Wildman–Crippen LogP) is 10.3. The van der Waals surface area contributed by atoms with Crippen LogP contribution >= 0.6 is 12.4 Å². The Morgan fingerprint density at radius 1 is 0.490 bits per heavy atom. The zero-order valence-corrected chi connectivity index (χ0v) is 28.7. The summed E-state index contributed by atoms with van der Waals surface area (Å²) in [5.74, 6) is -0.437. The van der Waals surface area contributed by atoms with Crippen LogP contribution in [0.3, 0.4) is 0 Å². The van der Waals surface area contributed by atoms with Gasteiger partial charge in [0.15, 0.2) is 0 Å². The normalized spacial score (nSPS) is 21.1. The molecule has 0 aromatic heterocycles. The number of nitrogens with zero attached hydrogens (tertiary/aromatic N) is 1. The number of ether oxygens (including phenoxy) is 2. The van der Waals surface area contributed by atoms with Crippen molar-refractivity contribution in [3.8, 4) is 0 Å². The molecule has 8 rings (SSSR count). The first-order valence-electron chi connectivity index (χ1n) is 17.5. The molecular weight excluding hydrogens is 630 g/mol. The van der Waals surface area contributed by atoms with Crippen LogP contribution in [0.5, 0.6) is 0 Å². The molecule has 0 saturated heterocycles. The number of benzene rings is 6. The van der Waals surface area contributed by atoms with E-state index in [-0.39, 0.29) is 36.6 Å². The minimum absolute atomic E-state index is 0. The second-order valence-corrected chi connectivity index (χ2v) is 13.7. The average molecular weight is 672 g/mol. The summed E-state index contributed by atoms with van der Waals surface area (Å²) in [6.45, 7) is 0. The second-order valence-electron chi connectivity index (χ2n) is 13.7. The van der Waals surface area contributed by atoms with Gasteiger partial charge in [-0.2, -0.15) is 0 Å². The molecule has 49 heavy (non-hydrogen) atoms. The molecule has 2 fully saturated rings. The van der Waals surface area contributed by atoms with Crippen LogP contribution < -0.4 is 0 Å². The van der Waals surface area contributed by atoms with Gasteiger partial charge in [0.1, 0.15) is 12.2 Å². The van der Waals surface area contributed by atoms with Gasteiger partial charge in [-0.3, -0.25) is 0 Å². The van der Waals surface area contributed by atoms with Gasteiger partial charge in [0, 0.05) is 12.1 Å². The van der Waals surface area contributed by atoms with E-state index in [2.05, 4.69) is 48.3 Å². The van der Waals surface area contributed by atoms with E-state index in [4.69, 9.17) is 9.47 Å². The molecule has 6 heteroatoms. The number of hydrogen-bond donors (Lipinski definition) is 0. The van der Waals surface area contributed by atoms with Crippen LogP contribution in [-0.2, 0) is 9.47 Å². The highest BCUT2D eigenvalue weighted by Gasteiger charge is 2.33. The van der Waals surface area contributed by atoms with E-state index in [0.29, 0.717) is 23.2 Å². The number of halogens is 1. The van der Waals surface area contributed by atoms with E-state index < -0.39 is 0 Å². The summed E-state index contributed by atoms with van der Waals surface area (Å²) in [6.07, 6.45) is 7.37. The molecule has 0 atom stereocenters. The summed E-state index contributed by atoms with van der Waals surface area (Å²) in [5, 5.41) is 8.01. The molecule has 0 aliphatic heterocycles. The maximum Gasteiger partial charge on any atom is 0.339 e. The first-order valence-corrected chi connectivity index (χ1v) is 17.5. The Bertz CT molecular complexity index is 1880. The van der Waals surface area contributed by atoms with Crippen LogP contribution in [-0.4, -0.2) is 48.2 Å². The molecule has 0 N–H and O–H groups in total. The molecule has 5 nitrogen and oxygen atoms in total. The lowest BCUT2D eigenvalue weighted by molar-refractivity contribution is -0.00240. The molecule has 6 aromatic carbocycles. The highest BCUT2D eigenvalue weighted by Crippen LogP contribution is 2.35. The minimum Gasteiger partial charge on any atom is -0.459 e. The van der Waals surface area contributed by atoms with Crippen molar-refractivity contribution in [1.29, 1.82) is 0 Å². The molecule has 2 saturated carbocycles. The predicted molar refractivity (Wildman–Crippen MR) is 201 cm³/mol. The van der Waals surface area contributed by atoms with Crippen LogP contribution in [0.15, 0.2) is 109 Å². The smallest absolute Gasteiger partial charge is 0.339 e. The first kappa shape index (κ1) is 33.1. The largest absolute Gasteiger partial charge is 0.459 e. The van der Waals surface area contributed by atoms with Gasteiger partial charge in [0.25, 0.3) is 0 Å². The van der Waals surface area contributed by atoms with Gasteiger partial charge in [-0.25, -0.2) is 9.59 Å². The van der Waals surface area contributed by atoms with Gasteiger partial charge < -0.3 is 14.4 Å². The van der Waals surface area contributed by atoms with Crippen molar-refractivity contribution in [1.82, 2.24) is 4.90 Å². The lowest BCUT2D eigenvalue weighted by atomic mass is 9.87. The van der Waals surface area contributed by atoms with Crippen molar-refractivity contribution >= 4 is 67.4 Å². The third-order valence-corrected chi connectivity index (χ3v) is 10.9. The number of fused-ring (bicyclic) bond motifs is 4. The van der Waals surface area contributed by atoms with Gasteiger partial charge in [-0.15, -0.1) is 12.4 Å². The molecule has 2 aliphatic carbocycles. The Morgan fingerprint density at radius 2 is 0.776 bits per heavy atom. The van der Waals surface area contributed by atoms with E-state index in [1.807, 2.05) is 72.8 Å². The molecule has 0 radical (unpaired) electrons. The summed E-state index contributed by atoms with van der Waals surface area (Å²) in [4.78, 5) is 29.9. The van der Waals surface area contributed by atoms with Crippen molar-refractivity contribution in [2.75, 3.05) is 7.05 Å². The third kappa shape index (κ3) is 6.50. The standard InChI is InChI=1S/C43H41NO4.ClH/c1-44(32-18-22-34(23-19-32)47-42(45)40-36-14-6-2-10-28(36)26-29-11-3-7-15-37(29)40)33-20-24-35(25-21-33)48-43(46)41-38-16-8-4-12-30(38)27-31-13-5-9-17-39(31)41;/h2-17,26-27,32-35H,18-25H2,1H3;1H. The van der Waals surface area contributed by atoms with Gasteiger partial charge in [-0.1, -0.05) is 97.1 Å². The zero-order valence-electron chi connectivity index (χ0n) is 27.8. The third-order valence-electron chi connectivity index (χ3n) is 10.9. The van der Waals surface area contributed by atoms with Crippen LogP contribution in [0.25, 0.3) is 43.1 Å². The summed E-state index contributed by atoms with van der Waals surface area (Å²) < 4.78 is 12.4. The van der Waals surface area contributed by atoms with Gasteiger partial charge in [0.2, 0.25) is 0 Å². The molecule has 0 spiro atoms. The fourth-order valence-corrected chi connectivity index (χ4v) is 8.33. The Balaban J connectivity index is 0.00000378. The second kappa shape index (κ2) is 14.2. The van der Waals surface area contributed by atoms with Crippen molar-refractivity contribution in [2.24, 2.45) is 0 Å². The van der Waals surface area contributed by atoms with E-state index in [0.717, 1.165) is 94.5 Å². The lowest BCUT2D eigenvalue weighted by Gasteiger charge is -2.41. The Kier molecular flexibility index (Phi) is 9.57. The lowest BCUT2D eigenvalue weighted by Crippen LogP contribution is -2.45. The van der Waals surface area contributed by atoms with E-state index in [1.54, 1.807) is 0 Å². The van der Waals surface area contributed by atoms with Crippen molar-refractivity contribution in [3.63, 3.8) is 0 Å². The molecular formula is C43H42ClNO4. The number of rotatable bonds is 6. The molecule has 6 aromatic rings. The maximum absolute atomic E-state index is 13.7. The number of carbonyl (C=O) groups is 2. The summed E-state index contributed by atoms with van der Waals surface area (Å²) >= 11 is 0. The van der Waals surface area contributed by atoms with Gasteiger partial charge >= 0.3 is 11.9 Å². The number of carbonyl (C=O) groups excluding carboxylic acids is 2. The molecule has 0 bridgehead atoms. The number of hydrogen-bond acceptors (Lipinski definition) is 5. The first-order chi connectivity index (χ1) is 23.5. The Morgan fingerprint density at radius 3 is 1.08 bits per heavy atom. The quantitative estimate of drug-likeness (QED) is 0.130. The van der Waals surface area contributed by atoms with E-state index in [9.17, 15) is 9.59 Å². The average Bonchev–Trinajstić information content (AvgIpc) is 3.13. The van der Waals surface area contributed by atoms with Crippen molar-refractivity contribution in [3.05, 3.63) is 120 Å². The highest BCUT2D eigenvalue weighted by atomic mass is 35.5. The fourth-order valence-electron chi connectivity index (χ4n) is 8.33. The molecule has 0 unspecified atom stereocenters. The van der Waals surface area contributed by atoms with E-state index in [1.165, 1.54) is 0 Å². The van der Waals surface area contributed by atoms with Crippen LogP contribution in [0.2, 0.25) is 0 Å². The summed E-state index contributed by atoms with van der Waals surface area (Å²) in [6, 6.07) is 37.5. The monoisotopic (exact) mass is 671 g/mol. The van der Waals surface area contributed by atoms with Gasteiger partial charge in [-0.05, 0) is 114 Å². The number of esters is 2. The topological polar surface area (TPSA) is 55.8 Å². The summed E-state index contributed by atoms with van der Waals surface area (Å²) in [7, 11) is 2.25. The molecule has 0 amide bonds. The Hall–Kier alpha value is -4.45. The molecule has 2 aliphatic rings. The zero-order chi connectivity index (χ0) is 32.6.